The molecule has 0 saturated carbocycles. The first-order valence-corrected chi connectivity index (χ1v) is 11.3. The third-order valence-electron chi connectivity index (χ3n) is 6.21. The van der Waals surface area contributed by atoms with Crippen molar-refractivity contribution >= 4 is 17.3 Å². The number of rotatable bonds is 8. The summed E-state index contributed by atoms with van der Waals surface area (Å²) in [6.45, 7) is 5.41. The average Bonchev–Trinajstić information content (AvgIpc) is 2.78. The molecular weight excluding hydrogens is 443 g/mol. The lowest BCUT2D eigenvalue weighted by atomic mass is 9.96. The molecule has 0 spiro atoms. The van der Waals surface area contributed by atoms with Gasteiger partial charge < -0.3 is 14.4 Å². The van der Waals surface area contributed by atoms with E-state index in [2.05, 4.69) is 4.90 Å². The van der Waals surface area contributed by atoms with E-state index in [1.165, 1.54) is 6.07 Å². The monoisotopic (exact) mass is 473 g/mol. The molecule has 1 aromatic carbocycles. The van der Waals surface area contributed by atoms with Gasteiger partial charge in [-0.15, -0.1) is 0 Å². The molecule has 2 saturated heterocycles. The van der Waals surface area contributed by atoms with Crippen molar-refractivity contribution in [1.29, 1.82) is 0 Å². The van der Waals surface area contributed by atoms with Gasteiger partial charge in [0.15, 0.2) is 0 Å². The number of carbonyl (C=O) groups excluding carboxylic acids is 1. The number of benzene rings is 1. The van der Waals surface area contributed by atoms with E-state index in [1.807, 2.05) is 0 Å². The summed E-state index contributed by atoms with van der Waals surface area (Å²) in [4.78, 5) is 25.4. The number of nitro benzene ring substituents is 1. The van der Waals surface area contributed by atoms with E-state index < -0.39 is 22.4 Å². The summed E-state index contributed by atoms with van der Waals surface area (Å²) in [5, 5.41) is 10.9. The lowest BCUT2D eigenvalue weighted by Crippen LogP contribution is -2.41. The zero-order valence-corrected chi connectivity index (χ0v) is 18.7. The van der Waals surface area contributed by atoms with Crippen LogP contribution in [0.1, 0.15) is 38.2 Å². The predicted octanol–water partition coefficient (Wildman–Crippen LogP) is 3.87. The van der Waals surface area contributed by atoms with Crippen molar-refractivity contribution in [2.24, 2.45) is 5.92 Å². The first-order chi connectivity index (χ1) is 15.7. The Hall–Kier alpha value is -2.40. The molecule has 2 aliphatic heterocycles. The molecule has 0 amide bonds. The number of alkyl halides is 3. The highest BCUT2D eigenvalue weighted by atomic mass is 19.4. The molecule has 0 aromatic heterocycles. The normalized spacial score (nSPS) is 19.0. The molecule has 0 unspecified atom stereocenters. The highest BCUT2D eigenvalue weighted by Crippen LogP contribution is 2.40. The molecule has 0 N–H and O–H groups in total. The second-order valence-electron chi connectivity index (χ2n) is 8.50. The van der Waals surface area contributed by atoms with Crippen LogP contribution < -0.4 is 4.90 Å². The maximum absolute atomic E-state index is 13.5. The van der Waals surface area contributed by atoms with E-state index in [0.29, 0.717) is 51.8 Å². The number of hydrogen-bond acceptors (Lipinski definition) is 7. The van der Waals surface area contributed by atoms with Gasteiger partial charge in [0.25, 0.3) is 5.69 Å². The van der Waals surface area contributed by atoms with Gasteiger partial charge in [-0.1, -0.05) is 0 Å². The summed E-state index contributed by atoms with van der Waals surface area (Å²) < 4.78 is 51.5. The van der Waals surface area contributed by atoms with Crippen molar-refractivity contribution < 1.29 is 32.4 Å². The molecule has 8 nitrogen and oxygen atoms in total. The standard InChI is InChI=1S/C22H30F3N3O5/c1-2-32-21(29)14-26-9-7-18(8-10-26)33-15-16-5-11-27(12-6-16)20-4-3-17(28(30)31)13-19(20)22(23,24)25/h3-4,13,16,18H,2,5-12,14-15H2,1H3. The summed E-state index contributed by atoms with van der Waals surface area (Å²) in [6, 6.07) is 2.93. The van der Waals surface area contributed by atoms with Gasteiger partial charge in [0.05, 0.1) is 29.7 Å². The molecule has 0 bridgehead atoms. The van der Waals surface area contributed by atoms with Gasteiger partial charge >= 0.3 is 12.1 Å². The summed E-state index contributed by atoms with van der Waals surface area (Å²) in [5.41, 5.74) is -1.55. The Morgan fingerprint density at radius 1 is 1.15 bits per heavy atom. The average molecular weight is 473 g/mol. The molecule has 2 heterocycles. The van der Waals surface area contributed by atoms with Crippen molar-refractivity contribution in [3.63, 3.8) is 0 Å². The Balaban J connectivity index is 1.46. The number of piperidine rings is 2. The lowest BCUT2D eigenvalue weighted by molar-refractivity contribution is -0.385. The van der Waals surface area contributed by atoms with Gasteiger partial charge in [0, 0.05) is 50.6 Å². The molecule has 2 aliphatic rings. The number of esters is 1. The van der Waals surface area contributed by atoms with Crippen LogP contribution in [0.2, 0.25) is 0 Å². The van der Waals surface area contributed by atoms with Crippen molar-refractivity contribution in [2.45, 2.75) is 44.9 Å². The third-order valence-corrected chi connectivity index (χ3v) is 6.21. The number of nitrogens with zero attached hydrogens (tertiary/aromatic N) is 3. The number of hydrogen-bond donors (Lipinski definition) is 0. The SMILES string of the molecule is CCOC(=O)CN1CCC(OCC2CCN(c3ccc([N+](=O)[O-])cc3C(F)(F)F)CC2)CC1. The molecular formula is C22H30F3N3O5. The molecule has 33 heavy (non-hydrogen) atoms. The number of ether oxygens (including phenoxy) is 2. The fourth-order valence-electron chi connectivity index (χ4n) is 4.38. The van der Waals surface area contributed by atoms with E-state index in [-0.39, 0.29) is 23.7 Å². The van der Waals surface area contributed by atoms with Gasteiger partial charge in [0.2, 0.25) is 0 Å². The summed E-state index contributed by atoms with van der Waals surface area (Å²) in [7, 11) is 0. The number of non-ortho nitro benzene ring substituents is 1. The Morgan fingerprint density at radius 3 is 2.39 bits per heavy atom. The zero-order valence-electron chi connectivity index (χ0n) is 18.7. The Morgan fingerprint density at radius 2 is 1.82 bits per heavy atom. The zero-order chi connectivity index (χ0) is 24.0. The second kappa shape index (κ2) is 11.1. The molecule has 2 fully saturated rings. The molecule has 0 atom stereocenters. The van der Waals surface area contributed by atoms with Crippen LogP contribution in [0.4, 0.5) is 24.5 Å². The molecule has 11 heteroatoms. The predicted molar refractivity (Wildman–Crippen MR) is 115 cm³/mol. The van der Waals surface area contributed by atoms with Gasteiger partial charge in [-0.25, -0.2) is 0 Å². The largest absolute Gasteiger partial charge is 0.465 e. The summed E-state index contributed by atoms with van der Waals surface area (Å²) >= 11 is 0. The fraction of sp³-hybridized carbons (Fsp3) is 0.682. The van der Waals surface area contributed by atoms with Crippen molar-refractivity contribution in [3.05, 3.63) is 33.9 Å². The summed E-state index contributed by atoms with van der Waals surface area (Å²) in [5.74, 6) is 0.0385. The minimum absolute atomic E-state index is 0.0126. The van der Waals surface area contributed by atoms with Crippen molar-refractivity contribution in [1.82, 2.24) is 4.90 Å². The van der Waals surface area contributed by atoms with Crippen LogP contribution in [0.15, 0.2) is 18.2 Å². The topological polar surface area (TPSA) is 85.1 Å². The van der Waals surface area contributed by atoms with Crippen LogP contribution in [-0.4, -0.2) is 67.8 Å². The second-order valence-corrected chi connectivity index (χ2v) is 8.50. The number of likely N-dealkylation sites (tertiary alicyclic amines) is 1. The number of halogens is 3. The number of carbonyl (C=O) groups is 1. The Labute approximate surface area is 190 Å². The van der Waals surface area contributed by atoms with Gasteiger partial charge in [-0.05, 0) is 44.6 Å². The van der Waals surface area contributed by atoms with Crippen LogP contribution in [0, 0.1) is 16.0 Å². The quantitative estimate of drug-likeness (QED) is 0.322. The number of anilines is 1. The molecule has 184 valence electrons. The molecule has 0 radical (unpaired) electrons. The smallest absolute Gasteiger partial charge is 0.418 e. The minimum atomic E-state index is -4.66. The van der Waals surface area contributed by atoms with Crippen molar-refractivity contribution in [2.75, 3.05) is 50.8 Å². The van der Waals surface area contributed by atoms with Crippen LogP contribution >= 0.6 is 0 Å². The van der Waals surface area contributed by atoms with Crippen LogP contribution in [0.5, 0.6) is 0 Å². The Bertz CT molecular complexity index is 820. The van der Waals surface area contributed by atoms with Crippen molar-refractivity contribution in [3.8, 4) is 0 Å². The van der Waals surface area contributed by atoms with Gasteiger partial charge in [-0.3, -0.25) is 19.8 Å². The van der Waals surface area contributed by atoms with Crippen LogP contribution in [0.25, 0.3) is 0 Å². The molecule has 3 rings (SSSR count). The first-order valence-electron chi connectivity index (χ1n) is 11.3. The van der Waals surface area contributed by atoms with E-state index in [1.54, 1.807) is 11.8 Å². The van der Waals surface area contributed by atoms with E-state index in [4.69, 9.17) is 9.47 Å². The Kier molecular flexibility index (Phi) is 8.52. The van der Waals surface area contributed by atoms with Crippen LogP contribution in [-0.2, 0) is 20.4 Å². The van der Waals surface area contributed by atoms with E-state index in [9.17, 15) is 28.1 Å². The molecule has 1 aromatic rings. The van der Waals surface area contributed by atoms with Gasteiger partial charge in [0.1, 0.15) is 0 Å². The molecule has 0 aliphatic carbocycles. The highest BCUT2D eigenvalue weighted by molar-refractivity contribution is 5.71. The van der Waals surface area contributed by atoms with E-state index >= 15 is 0 Å². The summed E-state index contributed by atoms with van der Waals surface area (Å²) in [6.07, 6.45) is -1.51. The maximum Gasteiger partial charge on any atom is 0.418 e. The van der Waals surface area contributed by atoms with E-state index in [0.717, 1.165) is 32.0 Å². The maximum atomic E-state index is 13.5. The minimum Gasteiger partial charge on any atom is -0.465 e. The van der Waals surface area contributed by atoms with Crippen LogP contribution in [0.3, 0.4) is 0 Å². The third kappa shape index (κ3) is 7.04. The lowest BCUT2D eigenvalue weighted by Gasteiger charge is -2.36. The van der Waals surface area contributed by atoms with Gasteiger partial charge in [-0.2, -0.15) is 13.2 Å². The first kappa shape index (κ1) is 25.2. The fourth-order valence-corrected chi connectivity index (χ4v) is 4.38. The highest BCUT2D eigenvalue weighted by Gasteiger charge is 2.37. The number of nitro groups is 1.